The molecule has 8 nitrogen and oxygen atoms in total. The number of nitrogens with one attached hydrogen (secondary N) is 1. The summed E-state index contributed by atoms with van der Waals surface area (Å²) in [6.07, 6.45) is 0.501. The number of fused-ring (bicyclic) bond motifs is 1. The molecule has 0 spiro atoms. The van der Waals surface area contributed by atoms with Crippen molar-refractivity contribution in [2.75, 3.05) is 18.5 Å². The van der Waals surface area contributed by atoms with E-state index in [4.69, 9.17) is 10.8 Å². The number of nitrogens with two attached hydrogens (primary N) is 1. The number of aromatic nitrogens is 2. The van der Waals surface area contributed by atoms with Gasteiger partial charge in [-0.25, -0.2) is 19.6 Å². The smallest absolute Gasteiger partial charge is 0.404 e. The molecule has 0 saturated heterocycles. The molecule has 2 heterocycles. The average molecular weight is 296 g/mol. The molecule has 0 aliphatic heterocycles. The van der Waals surface area contributed by atoms with E-state index in [2.05, 4.69) is 20.0 Å². The summed E-state index contributed by atoms with van der Waals surface area (Å²) in [5, 5.41) is 12.7. The zero-order valence-electron chi connectivity index (χ0n) is 10.5. The van der Waals surface area contributed by atoms with Gasteiger partial charge in [-0.3, -0.25) is 0 Å². The van der Waals surface area contributed by atoms with E-state index >= 15 is 0 Å². The maximum Gasteiger partial charge on any atom is 0.404 e. The Labute approximate surface area is 117 Å². The summed E-state index contributed by atoms with van der Waals surface area (Å²) < 4.78 is 4.59. The zero-order chi connectivity index (χ0) is 14.7. The molecular formula is C11H12N4O4S. The molecule has 0 aliphatic rings. The van der Waals surface area contributed by atoms with Crippen molar-refractivity contribution in [3.63, 3.8) is 0 Å². The summed E-state index contributed by atoms with van der Waals surface area (Å²) in [4.78, 5) is 30.5. The Morgan fingerprint density at radius 1 is 1.50 bits per heavy atom. The van der Waals surface area contributed by atoms with Gasteiger partial charge in [0.2, 0.25) is 0 Å². The number of amides is 1. The van der Waals surface area contributed by atoms with E-state index < -0.39 is 12.1 Å². The molecule has 0 radical (unpaired) electrons. The highest BCUT2D eigenvalue weighted by Gasteiger charge is 2.18. The lowest BCUT2D eigenvalue weighted by molar-refractivity contribution is 0.0701. The lowest BCUT2D eigenvalue weighted by atomic mass is 10.2. The fraction of sp³-hybridized carbons (Fsp3) is 0.273. The third-order valence-corrected chi connectivity index (χ3v) is 3.75. The van der Waals surface area contributed by atoms with E-state index in [9.17, 15) is 9.59 Å². The molecule has 0 aromatic carbocycles. The second-order valence-electron chi connectivity index (χ2n) is 3.86. The van der Waals surface area contributed by atoms with Crippen molar-refractivity contribution >= 4 is 39.4 Å². The van der Waals surface area contributed by atoms with Gasteiger partial charge in [-0.05, 0) is 12.5 Å². The summed E-state index contributed by atoms with van der Waals surface area (Å²) in [5.74, 6) is -0.488. The average Bonchev–Trinajstić information content (AvgIpc) is 2.73. The Bertz CT molecular complexity index is 670. The maximum atomic E-state index is 11.1. The minimum atomic E-state index is -0.992. The van der Waals surface area contributed by atoms with E-state index in [1.165, 1.54) is 6.33 Å². The van der Waals surface area contributed by atoms with Crippen LogP contribution in [0.3, 0.4) is 0 Å². The predicted molar refractivity (Wildman–Crippen MR) is 73.1 cm³/mol. The van der Waals surface area contributed by atoms with Crippen molar-refractivity contribution in [2.45, 2.75) is 6.92 Å². The van der Waals surface area contributed by atoms with Gasteiger partial charge in [-0.2, -0.15) is 0 Å². The van der Waals surface area contributed by atoms with Gasteiger partial charge in [-0.15, -0.1) is 11.3 Å². The van der Waals surface area contributed by atoms with Crippen LogP contribution in [0.1, 0.15) is 15.2 Å². The number of rotatable bonds is 5. The largest absolute Gasteiger partial charge is 0.477 e. The van der Waals surface area contributed by atoms with Gasteiger partial charge < -0.3 is 20.9 Å². The summed E-state index contributed by atoms with van der Waals surface area (Å²) in [5.41, 5.74) is 5.45. The summed E-state index contributed by atoms with van der Waals surface area (Å²) in [7, 11) is 0. The van der Waals surface area contributed by atoms with Gasteiger partial charge in [0.25, 0.3) is 0 Å². The fourth-order valence-corrected chi connectivity index (χ4v) is 2.72. The van der Waals surface area contributed by atoms with Crippen LogP contribution < -0.4 is 11.1 Å². The number of anilines is 1. The normalized spacial score (nSPS) is 10.4. The van der Waals surface area contributed by atoms with Gasteiger partial charge >= 0.3 is 12.1 Å². The van der Waals surface area contributed by atoms with Crippen LogP contribution in [0.5, 0.6) is 0 Å². The lowest BCUT2D eigenvalue weighted by Gasteiger charge is -2.06. The van der Waals surface area contributed by atoms with Crippen molar-refractivity contribution in [1.82, 2.24) is 9.97 Å². The molecule has 9 heteroatoms. The van der Waals surface area contributed by atoms with Crippen molar-refractivity contribution in [3.8, 4) is 0 Å². The van der Waals surface area contributed by atoms with Crippen LogP contribution >= 0.6 is 11.3 Å². The number of hydrogen-bond donors (Lipinski definition) is 3. The van der Waals surface area contributed by atoms with Gasteiger partial charge in [0.1, 0.15) is 28.5 Å². The third-order valence-electron chi connectivity index (χ3n) is 2.56. The first-order valence-corrected chi connectivity index (χ1v) is 6.46. The number of aromatic carboxylic acids is 1. The van der Waals surface area contributed by atoms with Crippen molar-refractivity contribution in [3.05, 3.63) is 16.8 Å². The van der Waals surface area contributed by atoms with Gasteiger partial charge in [-0.1, -0.05) is 0 Å². The first kappa shape index (κ1) is 14.0. The highest BCUT2D eigenvalue weighted by Crippen LogP contribution is 2.32. The molecule has 20 heavy (non-hydrogen) atoms. The molecule has 0 bridgehead atoms. The number of carbonyl (C=O) groups excluding carboxylic acids is 1. The number of aryl methyl sites for hydroxylation is 1. The van der Waals surface area contributed by atoms with E-state index in [1.54, 1.807) is 6.92 Å². The van der Waals surface area contributed by atoms with E-state index in [1.807, 2.05) is 0 Å². The Kier molecular flexibility index (Phi) is 3.99. The number of carbonyl (C=O) groups is 2. The second kappa shape index (κ2) is 5.70. The Morgan fingerprint density at radius 2 is 2.25 bits per heavy atom. The number of carboxylic acids is 1. The van der Waals surface area contributed by atoms with Gasteiger partial charge in [0.15, 0.2) is 0 Å². The molecular weight excluding hydrogens is 284 g/mol. The Hall–Kier alpha value is -2.42. The highest BCUT2D eigenvalue weighted by atomic mass is 32.1. The topological polar surface area (TPSA) is 127 Å². The summed E-state index contributed by atoms with van der Waals surface area (Å²) in [6.45, 7) is 2.11. The molecule has 0 aliphatic carbocycles. The van der Waals surface area contributed by atoms with Crippen LogP contribution in [-0.4, -0.2) is 40.3 Å². The van der Waals surface area contributed by atoms with Crippen molar-refractivity contribution in [1.29, 1.82) is 0 Å². The van der Waals surface area contributed by atoms with Crippen LogP contribution in [0.2, 0.25) is 0 Å². The molecule has 2 aromatic heterocycles. The number of hydrogen-bond acceptors (Lipinski definition) is 7. The summed E-state index contributed by atoms with van der Waals surface area (Å²) >= 11 is 1.09. The number of ether oxygens (including phenoxy) is 1. The van der Waals surface area contributed by atoms with E-state index in [0.717, 1.165) is 11.3 Å². The fourth-order valence-electron chi connectivity index (χ4n) is 1.73. The SMILES string of the molecule is Cc1c(C(=O)O)sc2ncnc(NCCOC(N)=O)c12. The minimum Gasteiger partial charge on any atom is -0.477 e. The van der Waals surface area contributed by atoms with Crippen LogP contribution in [-0.2, 0) is 4.74 Å². The first-order chi connectivity index (χ1) is 9.50. The van der Waals surface area contributed by atoms with Crippen molar-refractivity contribution in [2.24, 2.45) is 5.73 Å². The van der Waals surface area contributed by atoms with E-state index in [0.29, 0.717) is 28.1 Å². The second-order valence-corrected chi connectivity index (χ2v) is 4.86. The monoisotopic (exact) mass is 296 g/mol. The first-order valence-electron chi connectivity index (χ1n) is 5.64. The molecule has 0 atom stereocenters. The number of primary amides is 1. The molecule has 4 N–H and O–H groups in total. The minimum absolute atomic E-state index is 0.0931. The van der Waals surface area contributed by atoms with Gasteiger partial charge in [0.05, 0.1) is 11.9 Å². The standard InChI is InChI=1S/C11H12N4O4S/c1-5-6-8(13-2-3-19-11(12)18)14-4-15-9(6)20-7(5)10(16)17/h4H,2-3H2,1H3,(H2,12,18)(H,16,17)(H,13,14,15). The quantitative estimate of drug-likeness (QED) is 0.707. The van der Waals surface area contributed by atoms with Crippen molar-refractivity contribution < 1.29 is 19.4 Å². The Balaban J connectivity index is 2.25. The van der Waals surface area contributed by atoms with Crippen LogP contribution in [0.25, 0.3) is 10.2 Å². The van der Waals surface area contributed by atoms with E-state index in [-0.39, 0.29) is 11.5 Å². The highest BCUT2D eigenvalue weighted by molar-refractivity contribution is 7.20. The number of carboxylic acid groups (broad SMARTS) is 1. The van der Waals surface area contributed by atoms with Crippen LogP contribution in [0, 0.1) is 6.92 Å². The maximum absolute atomic E-state index is 11.1. The van der Waals surface area contributed by atoms with Crippen LogP contribution in [0.4, 0.5) is 10.6 Å². The molecule has 1 amide bonds. The number of nitrogens with zero attached hydrogens (tertiary/aromatic N) is 2. The molecule has 106 valence electrons. The zero-order valence-corrected chi connectivity index (χ0v) is 11.4. The molecule has 0 saturated carbocycles. The van der Waals surface area contributed by atoms with Gasteiger partial charge in [0, 0.05) is 0 Å². The molecule has 0 fully saturated rings. The third kappa shape index (κ3) is 2.77. The Morgan fingerprint density at radius 3 is 2.90 bits per heavy atom. The summed E-state index contributed by atoms with van der Waals surface area (Å²) in [6, 6.07) is 0. The molecule has 0 unspecified atom stereocenters. The molecule has 2 rings (SSSR count). The number of thiophene rings is 1. The van der Waals surface area contributed by atoms with Crippen LogP contribution in [0.15, 0.2) is 6.33 Å². The lowest BCUT2D eigenvalue weighted by Crippen LogP contribution is -2.18. The molecule has 2 aromatic rings. The predicted octanol–water partition coefficient (Wildman–Crippen LogP) is 1.21.